The molecule has 24 heavy (non-hydrogen) atoms. The van der Waals surface area contributed by atoms with Crippen LogP contribution in [0.3, 0.4) is 0 Å². The van der Waals surface area contributed by atoms with E-state index in [4.69, 9.17) is 0 Å². The first kappa shape index (κ1) is 18.5. The Hall–Kier alpha value is -1.79. The van der Waals surface area contributed by atoms with Crippen molar-refractivity contribution in [3.05, 3.63) is 0 Å². The number of likely N-dealkylation sites (N-methyl/N-ethyl adjacent to an activating group) is 1. The molecular weight excluding hydrogens is 306 g/mol. The van der Waals surface area contributed by atoms with Gasteiger partial charge in [-0.3, -0.25) is 9.59 Å². The van der Waals surface area contributed by atoms with Gasteiger partial charge in [-0.15, -0.1) is 0 Å². The number of nitrogens with zero attached hydrogens (tertiary/aromatic N) is 3. The molecule has 0 radical (unpaired) electrons. The lowest BCUT2D eigenvalue weighted by Gasteiger charge is -2.33. The van der Waals surface area contributed by atoms with Crippen molar-refractivity contribution < 1.29 is 9.59 Å². The number of rotatable bonds is 5. The zero-order chi connectivity index (χ0) is 17.7. The lowest BCUT2D eigenvalue weighted by molar-refractivity contribution is -0.133. The average molecular weight is 337 g/mol. The van der Waals surface area contributed by atoms with Crippen molar-refractivity contribution in [2.24, 2.45) is 10.9 Å². The Morgan fingerprint density at radius 3 is 2.29 bits per heavy atom. The van der Waals surface area contributed by atoms with Crippen molar-refractivity contribution in [1.82, 2.24) is 20.4 Å². The van der Waals surface area contributed by atoms with E-state index in [1.165, 1.54) is 0 Å². The summed E-state index contributed by atoms with van der Waals surface area (Å²) in [5.41, 5.74) is 0. The Bertz CT molecular complexity index is 477. The Morgan fingerprint density at radius 2 is 1.79 bits per heavy atom. The number of nitrogens with one attached hydrogen (secondary N) is 2. The fraction of sp³-hybridized carbons (Fsp3) is 0.824. The molecule has 0 spiro atoms. The van der Waals surface area contributed by atoms with Crippen molar-refractivity contribution in [1.29, 1.82) is 0 Å². The van der Waals surface area contributed by atoms with Gasteiger partial charge in [0.15, 0.2) is 5.96 Å². The summed E-state index contributed by atoms with van der Waals surface area (Å²) in [4.78, 5) is 31.8. The maximum absolute atomic E-state index is 12.1. The monoisotopic (exact) mass is 337 g/mol. The highest BCUT2D eigenvalue weighted by Gasteiger charge is 2.35. The summed E-state index contributed by atoms with van der Waals surface area (Å²) in [6.07, 6.45) is 3.95. The summed E-state index contributed by atoms with van der Waals surface area (Å²) in [6, 6.07) is 0.523. The summed E-state index contributed by atoms with van der Waals surface area (Å²) in [7, 11) is 3.46. The van der Waals surface area contributed by atoms with Crippen LogP contribution in [0.1, 0.15) is 39.5 Å². The average Bonchev–Trinajstić information content (AvgIpc) is 3.36. The predicted molar refractivity (Wildman–Crippen MR) is 94.7 cm³/mol. The molecule has 0 aromatic rings. The van der Waals surface area contributed by atoms with Gasteiger partial charge in [0.1, 0.15) is 6.54 Å². The summed E-state index contributed by atoms with van der Waals surface area (Å²) in [5, 5.41) is 6.69. The highest BCUT2D eigenvalue weighted by Crippen LogP contribution is 2.31. The van der Waals surface area contributed by atoms with Crippen LogP contribution < -0.4 is 10.6 Å². The minimum atomic E-state index is -0.0234. The number of hydrogen-bond acceptors (Lipinski definition) is 3. The SMILES string of the molecule is CC(C)NC(=NCC(=O)N(C)C)NC1CCN(C(=O)C2CC2)CC1. The quantitative estimate of drug-likeness (QED) is 0.563. The van der Waals surface area contributed by atoms with E-state index < -0.39 is 0 Å². The second-order valence-electron chi connectivity index (χ2n) is 7.27. The second kappa shape index (κ2) is 8.35. The first-order chi connectivity index (χ1) is 11.4. The number of carbonyl (C=O) groups excluding carboxylic acids is 2. The first-order valence-electron chi connectivity index (χ1n) is 8.93. The van der Waals surface area contributed by atoms with Crippen LogP contribution in [0.2, 0.25) is 0 Å². The zero-order valence-electron chi connectivity index (χ0n) is 15.3. The number of amides is 2. The molecule has 0 aromatic heterocycles. The number of aliphatic imine (C=N–C) groups is 1. The molecule has 2 rings (SSSR count). The molecule has 2 N–H and O–H groups in total. The van der Waals surface area contributed by atoms with Gasteiger partial charge in [0.2, 0.25) is 11.8 Å². The summed E-state index contributed by atoms with van der Waals surface area (Å²) >= 11 is 0. The molecule has 2 amide bonds. The molecule has 7 heteroatoms. The number of hydrogen-bond donors (Lipinski definition) is 2. The minimum Gasteiger partial charge on any atom is -0.354 e. The van der Waals surface area contributed by atoms with E-state index in [2.05, 4.69) is 15.6 Å². The molecule has 1 aliphatic heterocycles. The highest BCUT2D eigenvalue weighted by molar-refractivity contribution is 5.85. The molecule has 0 unspecified atom stereocenters. The minimum absolute atomic E-state index is 0.0234. The molecule has 0 atom stereocenters. The summed E-state index contributed by atoms with van der Waals surface area (Å²) in [6.45, 7) is 5.83. The van der Waals surface area contributed by atoms with E-state index in [9.17, 15) is 9.59 Å². The van der Waals surface area contributed by atoms with E-state index in [-0.39, 0.29) is 24.5 Å². The summed E-state index contributed by atoms with van der Waals surface area (Å²) in [5.74, 6) is 1.28. The van der Waals surface area contributed by atoms with E-state index >= 15 is 0 Å². The zero-order valence-corrected chi connectivity index (χ0v) is 15.3. The molecule has 136 valence electrons. The number of carbonyl (C=O) groups is 2. The molecule has 1 heterocycles. The molecule has 0 aromatic carbocycles. The van der Waals surface area contributed by atoms with Crippen LogP contribution in [-0.2, 0) is 9.59 Å². The maximum atomic E-state index is 12.1. The van der Waals surface area contributed by atoms with Crippen LogP contribution >= 0.6 is 0 Å². The van der Waals surface area contributed by atoms with E-state index in [1.54, 1.807) is 19.0 Å². The molecule has 0 bridgehead atoms. The van der Waals surface area contributed by atoms with Crippen LogP contribution in [0.5, 0.6) is 0 Å². The fourth-order valence-electron chi connectivity index (χ4n) is 2.72. The van der Waals surface area contributed by atoms with Gasteiger partial charge in [-0.2, -0.15) is 0 Å². The van der Waals surface area contributed by atoms with Crippen molar-refractivity contribution in [3.8, 4) is 0 Å². The third-order valence-corrected chi connectivity index (χ3v) is 4.37. The van der Waals surface area contributed by atoms with Crippen LogP contribution in [0.4, 0.5) is 0 Å². The first-order valence-corrected chi connectivity index (χ1v) is 8.93. The highest BCUT2D eigenvalue weighted by atomic mass is 16.2. The molecular formula is C17H31N5O2. The van der Waals surface area contributed by atoms with Crippen molar-refractivity contribution in [2.75, 3.05) is 33.7 Å². The van der Waals surface area contributed by atoms with Crippen LogP contribution in [0, 0.1) is 5.92 Å². The number of guanidine groups is 1. The smallest absolute Gasteiger partial charge is 0.243 e. The molecule has 2 fully saturated rings. The molecule has 1 aliphatic carbocycles. The largest absolute Gasteiger partial charge is 0.354 e. The lowest BCUT2D eigenvalue weighted by Crippen LogP contribution is -2.51. The second-order valence-corrected chi connectivity index (χ2v) is 7.27. The Labute approximate surface area is 144 Å². The van der Waals surface area contributed by atoms with Crippen LogP contribution in [0.15, 0.2) is 4.99 Å². The van der Waals surface area contributed by atoms with Gasteiger partial charge in [0.25, 0.3) is 0 Å². The standard InChI is InChI=1S/C17H31N5O2/c1-12(2)19-17(18-11-15(23)21(3)4)20-14-7-9-22(10-8-14)16(24)13-5-6-13/h12-14H,5-11H2,1-4H3,(H2,18,19,20). The van der Waals surface area contributed by atoms with Gasteiger partial charge >= 0.3 is 0 Å². The fourth-order valence-corrected chi connectivity index (χ4v) is 2.72. The molecule has 2 aliphatic rings. The van der Waals surface area contributed by atoms with Gasteiger partial charge in [-0.25, -0.2) is 4.99 Å². The summed E-state index contributed by atoms with van der Waals surface area (Å²) < 4.78 is 0. The van der Waals surface area contributed by atoms with E-state index in [0.29, 0.717) is 17.8 Å². The van der Waals surface area contributed by atoms with Gasteiger partial charge < -0.3 is 20.4 Å². The van der Waals surface area contributed by atoms with Gasteiger partial charge in [-0.1, -0.05) is 0 Å². The number of likely N-dealkylation sites (tertiary alicyclic amines) is 1. The molecule has 1 saturated heterocycles. The number of piperidine rings is 1. The van der Waals surface area contributed by atoms with Gasteiger partial charge in [0.05, 0.1) is 0 Å². The molecule has 1 saturated carbocycles. The topological polar surface area (TPSA) is 77.0 Å². The van der Waals surface area contributed by atoms with Crippen LogP contribution in [0.25, 0.3) is 0 Å². The van der Waals surface area contributed by atoms with Crippen molar-refractivity contribution in [3.63, 3.8) is 0 Å². The van der Waals surface area contributed by atoms with Crippen LogP contribution in [-0.4, -0.2) is 73.4 Å². The van der Waals surface area contributed by atoms with Gasteiger partial charge in [0, 0.05) is 45.2 Å². The third-order valence-electron chi connectivity index (χ3n) is 4.37. The predicted octanol–water partition coefficient (Wildman–Crippen LogP) is 0.419. The Morgan fingerprint density at radius 1 is 1.17 bits per heavy atom. The normalized spacial score (nSPS) is 19.4. The Kier molecular flexibility index (Phi) is 6.45. The maximum Gasteiger partial charge on any atom is 0.243 e. The third kappa shape index (κ3) is 5.69. The van der Waals surface area contributed by atoms with E-state index in [1.807, 2.05) is 18.7 Å². The molecule has 7 nitrogen and oxygen atoms in total. The lowest BCUT2D eigenvalue weighted by atomic mass is 10.0. The van der Waals surface area contributed by atoms with Crippen molar-refractivity contribution in [2.45, 2.75) is 51.6 Å². The van der Waals surface area contributed by atoms with Crippen molar-refractivity contribution >= 4 is 17.8 Å². The van der Waals surface area contributed by atoms with Gasteiger partial charge in [-0.05, 0) is 39.5 Å². The Balaban J connectivity index is 1.84. The van der Waals surface area contributed by atoms with E-state index in [0.717, 1.165) is 38.8 Å².